The molecule has 2 aromatic heterocycles. The molecule has 3 heterocycles. The van der Waals surface area contributed by atoms with Crippen LogP contribution < -0.4 is 0 Å². The molecule has 96 valence electrons. The summed E-state index contributed by atoms with van der Waals surface area (Å²) in [7, 11) is 2.00. The van der Waals surface area contributed by atoms with Crippen molar-refractivity contribution in [2.75, 3.05) is 6.61 Å². The van der Waals surface area contributed by atoms with Crippen molar-refractivity contribution in [3.63, 3.8) is 0 Å². The molecule has 0 fully saturated rings. The molecule has 0 saturated carbocycles. The van der Waals surface area contributed by atoms with Crippen LogP contribution >= 0.6 is 0 Å². The molecule has 1 atom stereocenters. The van der Waals surface area contributed by atoms with Crippen molar-refractivity contribution >= 4 is 0 Å². The molecule has 18 heavy (non-hydrogen) atoms. The lowest BCUT2D eigenvalue weighted by molar-refractivity contribution is 0.0903. The van der Waals surface area contributed by atoms with Crippen LogP contribution in [0.2, 0.25) is 0 Å². The number of aromatic nitrogens is 2. The first-order valence-electron chi connectivity index (χ1n) is 6.14. The van der Waals surface area contributed by atoms with Gasteiger partial charge in [-0.25, -0.2) is 4.98 Å². The molecule has 0 radical (unpaired) electrons. The fourth-order valence-electron chi connectivity index (χ4n) is 2.54. The molecule has 0 aromatic carbocycles. The lowest BCUT2D eigenvalue weighted by atomic mass is 10.0. The fourth-order valence-corrected chi connectivity index (χ4v) is 2.54. The SMILES string of the molecule is Cn1cnc2c1C[C@H](CO)N(Cc1ccco1)C2. The minimum atomic E-state index is 0.137. The molecule has 3 rings (SSSR count). The number of nitrogens with zero attached hydrogens (tertiary/aromatic N) is 3. The molecule has 1 N–H and O–H groups in total. The Morgan fingerprint density at radius 2 is 2.44 bits per heavy atom. The molecule has 5 nitrogen and oxygen atoms in total. The number of aryl methyl sites for hydroxylation is 1. The van der Waals surface area contributed by atoms with E-state index in [1.165, 1.54) is 5.69 Å². The van der Waals surface area contributed by atoms with Gasteiger partial charge in [0.2, 0.25) is 0 Å². The van der Waals surface area contributed by atoms with Gasteiger partial charge in [-0.1, -0.05) is 0 Å². The average Bonchev–Trinajstić information content (AvgIpc) is 2.99. The number of hydrogen-bond acceptors (Lipinski definition) is 4. The van der Waals surface area contributed by atoms with Crippen molar-refractivity contribution in [1.29, 1.82) is 0 Å². The summed E-state index contributed by atoms with van der Waals surface area (Å²) in [4.78, 5) is 6.63. The van der Waals surface area contributed by atoms with Gasteiger partial charge < -0.3 is 14.1 Å². The zero-order valence-corrected chi connectivity index (χ0v) is 10.4. The highest BCUT2D eigenvalue weighted by molar-refractivity contribution is 5.18. The Morgan fingerprint density at radius 3 is 3.17 bits per heavy atom. The largest absolute Gasteiger partial charge is 0.468 e. The Hall–Kier alpha value is -1.59. The molecule has 0 saturated heterocycles. The number of aliphatic hydroxyl groups excluding tert-OH is 1. The Morgan fingerprint density at radius 1 is 1.56 bits per heavy atom. The quantitative estimate of drug-likeness (QED) is 0.876. The standard InChI is InChI=1S/C13H17N3O2/c1-15-9-14-12-7-16(6-11-3-2-4-18-11)10(8-17)5-13(12)15/h2-4,9-10,17H,5-8H2,1H3/t10-/m1/s1. The summed E-state index contributed by atoms with van der Waals surface area (Å²) in [6.45, 7) is 1.64. The average molecular weight is 247 g/mol. The zero-order chi connectivity index (χ0) is 12.5. The molecule has 0 aliphatic carbocycles. The van der Waals surface area contributed by atoms with E-state index < -0.39 is 0 Å². The lowest BCUT2D eigenvalue weighted by Crippen LogP contribution is -2.42. The number of rotatable bonds is 3. The highest BCUT2D eigenvalue weighted by Crippen LogP contribution is 2.23. The number of fused-ring (bicyclic) bond motifs is 1. The minimum Gasteiger partial charge on any atom is -0.468 e. The first-order chi connectivity index (χ1) is 8.78. The highest BCUT2D eigenvalue weighted by Gasteiger charge is 2.28. The molecule has 1 aliphatic heterocycles. The molecule has 1 aliphatic rings. The monoisotopic (exact) mass is 247 g/mol. The van der Waals surface area contributed by atoms with Crippen LogP contribution in [0.4, 0.5) is 0 Å². The fraction of sp³-hybridized carbons (Fsp3) is 0.462. The molecule has 0 unspecified atom stereocenters. The van der Waals surface area contributed by atoms with E-state index in [4.69, 9.17) is 4.42 Å². The van der Waals surface area contributed by atoms with Crippen molar-refractivity contribution in [3.8, 4) is 0 Å². The van der Waals surface area contributed by atoms with E-state index in [9.17, 15) is 5.11 Å². The van der Waals surface area contributed by atoms with Crippen molar-refractivity contribution < 1.29 is 9.52 Å². The van der Waals surface area contributed by atoms with Gasteiger partial charge >= 0.3 is 0 Å². The molecular weight excluding hydrogens is 230 g/mol. The van der Waals surface area contributed by atoms with Crippen LogP contribution in [-0.2, 0) is 26.6 Å². The van der Waals surface area contributed by atoms with Gasteiger partial charge in [-0.2, -0.15) is 0 Å². The van der Waals surface area contributed by atoms with E-state index in [1.807, 2.05) is 30.1 Å². The second kappa shape index (κ2) is 4.59. The Bertz CT molecular complexity index is 518. The Balaban J connectivity index is 1.82. The minimum absolute atomic E-state index is 0.137. The predicted octanol–water partition coefficient (Wildman–Crippen LogP) is 0.932. The third kappa shape index (κ3) is 1.95. The van der Waals surface area contributed by atoms with Gasteiger partial charge in [0.25, 0.3) is 0 Å². The summed E-state index contributed by atoms with van der Waals surface area (Å²) in [5.41, 5.74) is 2.33. The summed E-state index contributed by atoms with van der Waals surface area (Å²) in [6, 6.07) is 3.99. The molecule has 5 heteroatoms. The van der Waals surface area contributed by atoms with Crippen molar-refractivity contribution in [2.45, 2.75) is 25.6 Å². The molecular formula is C13H17N3O2. The van der Waals surface area contributed by atoms with E-state index in [1.54, 1.807) is 6.26 Å². The maximum atomic E-state index is 9.54. The summed E-state index contributed by atoms with van der Waals surface area (Å²) in [6.07, 6.45) is 4.36. The van der Waals surface area contributed by atoms with Crippen LogP contribution in [0.15, 0.2) is 29.1 Å². The van der Waals surface area contributed by atoms with Crippen molar-refractivity contribution in [3.05, 3.63) is 41.9 Å². The van der Waals surface area contributed by atoms with Crippen LogP contribution in [0.5, 0.6) is 0 Å². The van der Waals surface area contributed by atoms with Gasteiger partial charge in [0.05, 0.1) is 31.4 Å². The predicted molar refractivity (Wildman–Crippen MR) is 65.7 cm³/mol. The van der Waals surface area contributed by atoms with Gasteiger partial charge in [0.15, 0.2) is 0 Å². The van der Waals surface area contributed by atoms with E-state index >= 15 is 0 Å². The number of imidazole rings is 1. The van der Waals surface area contributed by atoms with Crippen molar-refractivity contribution in [1.82, 2.24) is 14.5 Å². The van der Waals surface area contributed by atoms with Gasteiger partial charge in [0, 0.05) is 31.7 Å². The molecule has 0 spiro atoms. The highest BCUT2D eigenvalue weighted by atomic mass is 16.3. The van der Waals surface area contributed by atoms with Crippen LogP contribution in [0.3, 0.4) is 0 Å². The van der Waals surface area contributed by atoms with E-state index in [2.05, 4.69) is 9.88 Å². The number of furan rings is 1. The topological polar surface area (TPSA) is 54.4 Å². The Labute approximate surface area is 106 Å². The molecule has 0 amide bonds. The van der Waals surface area contributed by atoms with Crippen LogP contribution in [-0.4, -0.2) is 32.2 Å². The van der Waals surface area contributed by atoms with Gasteiger partial charge in [-0.15, -0.1) is 0 Å². The number of hydrogen-bond donors (Lipinski definition) is 1. The van der Waals surface area contributed by atoms with E-state index in [0.29, 0.717) is 6.54 Å². The maximum absolute atomic E-state index is 9.54. The number of aliphatic hydroxyl groups is 1. The van der Waals surface area contributed by atoms with E-state index in [-0.39, 0.29) is 12.6 Å². The second-order valence-electron chi connectivity index (χ2n) is 4.77. The summed E-state index contributed by atoms with van der Waals surface area (Å²) < 4.78 is 7.42. The first-order valence-corrected chi connectivity index (χ1v) is 6.14. The van der Waals surface area contributed by atoms with Gasteiger partial charge in [-0.05, 0) is 12.1 Å². The summed E-state index contributed by atoms with van der Waals surface area (Å²) in [5.74, 6) is 0.924. The second-order valence-corrected chi connectivity index (χ2v) is 4.77. The first kappa shape index (κ1) is 11.5. The maximum Gasteiger partial charge on any atom is 0.117 e. The summed E-state index contributed by atoms with van der Waals surface area (Å²) >= 11 is 0. The van der Waals surface area contributed by atoms with Crippen molar-refractivity contribution in [2.24, 2.45) is 7.05 Å². The zero-order valence-electron chi connectivity index (χ0n) is 10.4. The smallest absolute Gasteiger partial charge is 0.117 e. The lowest BCUT2D eigenvalue weighted by Gasteiger charge is -2.33. The third-order valence-corrected chi connectivity index (χ3v) is 3.59. The van der Waals surface area contributed by atoms with Crippen LogP contribution in [0.25, 0.3) is 0 Å². The van der Waals surface area contributed by atoms with E-state index in [0.717, 1.165) is 24.4 Å². The van der Waals surface area contributed by atoms with Crippen LogP contribution in [0, 0.1) is 0 Å². The van der Waals surface area contributed by atoms with Gasteiger partial charge in [-0.3, -0.25) is 4.90 Å². The normalized spacial score (nSPS) is 20.0. The summed E-state index contributed by atoms with van der Waals surface area (Å²) in [5, 5.41) is 9.54. The third-order valence-electron chi connectivity index (χ3n) is 3.59. The van der Waals surface area contributed by atoms with Crippen LogP contribution in [0.1, 0.15) is 17.1 Å². The Kier molecular flexibility index (Phi) is 2.93. The molecule has 2 aromatic rings. The molecule has 0 bridgehead atoms. The van der Waals surface area contributed by atoms with Gasteiger partial charge in [0.1, 0.15) is 5.76 Å².